The van der Waals surface area contributed by atoms with Gasteiger partial charge in [0.05, 0.1) is 0 Å². The lowest BCUT2D eigenvalue weighted by molar-refractivity contribution is -0.138. The van der Waals surface area contributed by atoms with E-state index in [2.05, 4.69) is 19.1 Å². The summed E-state index contributed by atoms with van der Waals surface area (Å²) in [6, 6.07) is 7.48. The highest BCUT2D eigenvalue weighted by Crippen LogP contribution is 2.14. The molecular weight excluding hydrogens is 216 g/mol. The molecule has 0 aromatic heterocycles. The Balaban J connectivity index is 2.51. The molecule has 0 spiro atoms. The number of hydrogen-bond acceptors (Lipinski definition) is 3. The van der Waals surface area contributed by atoms with E-state index in [-0.39, 0.29) is 0 Å². The molecule has 0 fully saturated rings. The van der Waals surface area contributed by atoms with E-state index in [1.54, 1.807) is 0 Å². The Labute approximate surface area is 102 Å². The van der Waals surface area contributed by atoms with Crippen LogP contribution in [0.4, 0.5) is 5.69 Å². The first kappa shape index (κ1) is 13.5. The molecule has 3 N–H and O–H groups in total. The molecule has 4 nitrogen and oxygen atoms in total. The van der Waals surface area contributed by atoms with Crippen LogP contribution >= 0.6 is 0 Å². The second-order valence-electron chi connectivity index (χ2n) is 4.17. The third-order valence-corrected chi connectivity index (χ3v) is 2.88. The van der Waals surface area contributed by atoms with E-state index in [1.165, 1.54) is 5.56 Å². The highest BCUT2D eigenvalue weighted by Gasteiger charge is 2.12. The van der Waals surface area contributed by atoms with Crippen molar-refractivity contribution in [3.8, 4) is 0 Å². The third kappa shape index (κ3) is 4.07. The molecule has 0 bridgehead atoms. The minimum absolute atomic E-state index is 0.446. The Morgan fingerprint density at radius 2 is 2.00 bits per heavy atom. The van der Waals surface area contributed by atoms with Gasteiger partial charge >= 0.3 is 5.97 Å². The van der Waals surface area contributed by atoms with Crippen molar-refractivity contribution < 1.29 is 9.90 Å². The van der Waals surface area contributed by atoms with Crippen LogP contribution in [-0.4, -0.2) is 30.7 Å². The summed E-state index contributed by atoms with van der Waals surface area (Å²) in [7, 11) is 1.94. The van der Waals surface area contributed by atoms with Crippen molar-refractivity contribution in [1.82, 2.24) is 0 Å². The maximum Gasteiger partial charge on any atom is 0.320 e. The minimum Gasteiger partial charge on any atom is -0.480 e. The van der Waals surface area contributed by atoms with Gasteiger partial charge in [-0.3, -0.25) is 4.79 Å². The van der Waals surface area contributed by atoms with Gasteiger partial charge in [0.2, 0.25) is 0 Å². The van der Waals surface area contributed by atoms with Gasteiger partial charge < -0.3 is 15.7 Å². The summed E-state index contributed by atoms with van der Waals surface area (Å²) in [4.78, 5) is 12.6. The maximum atomic E-state index is 10.6. The minimum atomic E-state index is -0.945. The standard InChI is InChI=1S/C13H20N2O2/c1-3-10-4-6-11(7-5-10)15(2)9-8-12(14)13(16)17/h4-7,12H,3,8-9,14H2,1-2H3,(H,16,17). The zero-order valence-electron chi connectivity index (χ0n) is 10.4. The van der Waals surface area contributed by atoms with Crippen molar-refractivity contribution in [1.29, 1.82) is 0 Å². The summed E-state index contributed by atoms with van der Waals surface area (Å²) in [5, 5.41) is 8.69. The van der Waals surface area contributed by atoms with Crippen molar-refractivity contribution >= 4 is 11.7 Å². The lowest BCUT2D eigenvalue weighted by Crippen LogP contribution is -2.34. The molecule has 0 aliphatic rings. The number of carboxylic acid groups (broad SMARTS) is 1. The van der Waals surface area contributed by atoms with E-state index < -0.39 is 12.0 Å². The Bertz CT molecular complexity index is 362. The molecule has 0 saturated heterocycles. The van der Waals surface area contributed by atoms with E-state index in [0.29, 0.717) is 13.0 Å². The molecule has 1 rings (SSSR count). The number of carboxylic acids is 1. The number of hydrogen-bond donors (Lipinski definition) is 2. The zero-order chi connectivity index (χ0) is 12.8. The fourth-order valence-corrected chi connectivity index (χ4v) is 1.57. The predicted molar refractivity (Wildman–Crippen MR) is 69.3 cm³/mol. The van der Waals surface area contributed by atoms with Gasteiger partial charge in [-0.25, -0.2) is 0 Å². The lowest BCUT2D eigenvalue weighted by atomic mass is 10.1. The fraction of sp³-hybridized carbons (Fsp3) is 0.462. The summed E-state index contributed by atoms with van der Waals surface area (Å²) in [6.07, 6.45) is 1.47. The van der Waals surface area contributed by atoms with E-state index in [4.69, 9.17) is 10.8 Å². The Kier molecular flexibility index (Phi) is 4.97. The van der Waals surface area contributed by atoms with Crippen molar-refractivity contribution in [2.45, 2.75) is 25.8 Å². The second kappa shape index (κ2) is 6.25. The van der Waals surface area contributed by atoms with Crippen LogP contribution in [0, 0.1) is 0 Å². The summed E-state index contributed by atoms with van der Waals surface area (Å²) in [5.41, 5.74) is 7.84. The topological polar surface area (TPSA) is 66.6 Å². The van der Waals surface area contributed by atoms with Gasteiger partial charge in [0.25, 0.3) is 0 Å². The second-order valence-corrected chi connectivity index (χ2v) is 4.17. The molecule has 4 heteroatoms. The molecule has 0 amide bonds. The van der Waals surface area contributed by atoms with E-state index in [9.17, 15) is 4.79 Å². The quantitative estimate of drug-likeness (QED) is 0.785. The predicted octanol–water partition coefficient (Wildman–Crippen LogP) is 1.49. The van der Waals surface area contributed by atoms with Crippen LogP contribution in [0.2, 0.25) is 0 Å². The number of aliphatic carboxylic acids is 1. The van der Waals surface area contributed by atoms with Crippen molar-refractivity contribution in [3.63, 3.8) is 0 Å². The molecule has 1 aromatic carbocycles. The van der Waals surface area contributed by atoms with E-state index >= 15 is 0 Å². The highest BCUT2D eigenvalue weighted by atomic mass is 16.4. The molecule has 0 aliphatic heterocycles. The number of carbonyl (C=O) groups is 1. The normalized spacial score (nSPS) is 12.2. The van der Waals surface area contributed by atoms with Gasteiger partial charge in [0, 0.05) is 19.3 Å². The molecule has 0 radical (unpaired) electrons. The van der Waals surface area contributed by atoms with Gasteiger partial charge in [-0.15, -0.1) is 0 Å². The summed E-state index contributed by atoms with van der Waals surface area (Å²) in [6.45, 7) is 2.75. The van der Waals surface area contributed by atoms with Crippen LogP contribution in [-0.2, 0) is 11.2 Å². The van der Waals surface area contributed by atoms with Crippen LogP contribution in [0.3, 0.4) is 0 Å². The Morgan fingerprint density at radius 3 is 2.47 bits per heavy atom. The summed E-state index contributed by atoms with van der Waals surface area (Å²) < 4.78 is 0. The van der Waals surface area contributed by atoms with Gasteiger partial charge in [0.1, 0.15) is 6.04 Å². The first-order chi connectivity index (χ1) is 8.04. The van der Waals surface area contributed by atoms with Gasteiger partial charge in [-0.05, 0) is 30.5 Å². The van der Waals surface area contributed by atoms with Crippen molar-refractivity contribution in [3.05, 3.63) is 29.8 Å². The SMILES string of the molecule is CCc1ccc(N(C)CCC(N)C(=O)O)cc1. The van der Waals surface area contributed by atoms with Crippen LogP contribution in [0.5, 0.6) is 0 Å². The number of nitrogens with zero attached hydrogens (tertiary/aromatic N) is 1. The van der Waals surface area contributed by atoms with Crippen LogP contribution in [0.15, 0.2) is 24.3 Å². The largest absolute Gasteiger partial charge is 0.480 e. The molecule has 0 saturated carbocycles. The lowest BCUT2D eigenvalue weighted by Gasteiger charge is -2.20. The monoisotopic (exact) mass is 236 g/mol. The number of benzene rings is 1. The average molecular weight is 236 g/mol. The summed E-state index contributed by atoms with van der Waals surface area (Å²) >= 11 is 0. The summed E-state index contributed by atoms with van der Waals surface area (Å²) in [5.74, 6) is -0.945. The van der Waals surface area contributed by atoms with Crippen molar-refractivity contribution in [2.75, 3.05) is 18.5 Å². The zero-order valence-corrected chi connectivity index (χ0v) is 10.4. The van der Waals surface area contributed by atoms with E-state index in [0.717, 1.165) is 12.1 Å². The molecule has 1 atom stereocenters. The fourth-order valence-electron chi connectivity index (χ4n) is 1.57. The average Bonchev–Trinajstić information content (AvgIpc) is 2.35. The molecule has 0 heterocycles. The molecule has 0 aliphatic carbocycles. The number of anilines is 1. The van der Waals surface area contributed by atoms with Gasteiger partial charge in [0.15, 0.2) is 0 Å². The van der Waals surface area contributed by atoms with Gasteiger partial charge in [-0.1, -0.05) is 19.1 Å². The number of aryl methyl sites for hydroxylation is 1. The number of nitrogens with two attached hydrogens (primary N) is 1. The van der Waals surface area contributed by atoms with Gasteiger partial charge in [-0.2, -0.15) is 0 Å². The smallest absolute Gasteiger partial charge is 0.320 e. The first-order valence-electron chi connectivity index (χ1n) is 5.83. The molecule has 1 aromatic rings. The number of rotatable bonds is 6. The maximum absolute atomic E-state index is 10.6. The van der Waals surface area contributed by atoms with Crippen LogP contribution < -0.4 is 10.6 Å². The third-order valence-electron chi connectivity index (χ3n) is 2.88. The molecule has 1 unspecified atom stereocenters. The first-order valence-corrected chi connectivity index (χ1v) is 5.83. The molecular formula is C13H20N2O2. The van der Waals surface area contributed by atoms with E-state index in [1.807, 2.05) is 24.1 Å². The van der Waals surface area contributed by atoms with Crippen molar-refractivity contribution in [2.24, 2.45) is 5.73 Å². The van der Waals surface area contributed by atoms with Crippen LogP contribution in [0.25, 0.3) is 0 Å². The molecule has 17 heavy (non-hydrogen) atoms. The van der Waals surface area contributed by atoms with Crippen LogP contribution in [0.1, 0.15) is 18.9 Å². The Morgan fingerprint density at radius 1 is 1.41 bits per heavy atom. The highest BCUT2D eigenvalue weighted by molar-refractivity contribution is 5.73. The molecule has 94 valence electrons. The Hall–Kier alpha value is -1.55.